The Hall–Kier alpha value is -2.48. The first kappa shape index (κ1) is 28.6. The van der Waals surface area contributed by atoms with E-state index in [1.807, 2.05) is 44.2 Å². The van der Waals surface area contributed by atoms with E-state index in [2.05, 4.69) is 27.6 Å². The van der Waals surface area contributed by atoms with E-state index in [0.29, 0.717) is 30.9 Å². The molecule has 1 amide bonds. The number of anilines is 1. The molecule has 6 nitrogen and oxygen atoms in total. The molecular weight excluding hydrogens is 556 g/mol. The zero-order chi connectivity index (χ0) is 29.0. The Balaban J connectivity index is 1.43. The van der Waals surface area contributed by atoms with Gasteiger partial charge in [0.05, 0.1) is 32.9 Å². The van der Waals surface area contributed by atoms with E-state index >= 15 is 0 Å². The number of hydrogen-bond acceptors (Lipinski definition) is 5. The number of aliphatic hydroxyl groups is 1. The molecule has 1 saturated carbocycles. The number of aryl methyl sites for hydroxylation is 1. The average molecular weight is 597 g/mol. The summed E-state index contributed by atoms with van der Waals surface area (Å²) < 4.78 is 22.3. The smallest absolute Gasteiger partial charge is 0.262 e. The Kier molecular flexibility index (Phi) is 7.44. The molecule has 2 N–H and O–H groups in total. The van der Waals surface area contributed by atoms with E-state index in [4.69, 9.17) is 16.3 Å². The Bertz CT molecular complexity index is 1490. The summed E-state index contributed by atoms with van der Waals surface area (Å²) in [6.45, 7) is 5.80. The van der Waals surface area contributed by atoms with Crippen LogP contribution >= 0.6 is 11.6 Å². The number of carbonyl (C=O) groups is 1. The van der Waals surface area contributed by atoms with Gasteiger partial charge >= 0.3 is 0 Å². The van der Waals surface area contributed by atoms with Gasteiger partial charge in [-0.1, -0.05) is 29.8 Å². The van der Waals surface area contributed by atoms with Crippen LogP contribution in [0.1, 0.15) is 73.9 Å². The number of carbonyl (C=O) groups excluding carboxylic acids is 1. The fraction of sp³-hybridized carbons (Fsp3) is 0.515. The van der Waals surface area contributed by atoms with E-state index in [0.717, 1.165) is 61.7 Å². The Morgan fingerprint density at radius 2 is 2.00 bits per heavy atom. The van der Waals surface area contributed by atoms with Gasteiger partial charge < -0.3 is 14.7 Å². The van der Waals surface area contributed by atoms with Gasteiger partial charge in [-0.25, -0.2) is 4.21 Å². The first-order chi connectivity index (χ1) is 19.5. The van der Waals surface area contributed by atoms with Crippen LogP contribution in [0.5, 0.6) is 5.75 Å². The zero-order valence-corrected chi connectivity index (χ0v) is 25.6. The molecule has 41 heavy (non-hydrogen) atoms. The highest BCUT2D eigenvalue weighted by Crippen LogP contribution is 2.46. The molecule has 4 aliphatic rings. The molecule has 5 atom stereocenters. The molecule has 2 heterocycles. The van der Waals surface area contributed by atoms with Crippen molar-refractivity contribution in [3.05, 3.63) is 70.3 Å². The fourth-order valence-corrected chi connectivity index (χ4v) is 8.47. The van der Waals surface area contributed by atoms with Crippen LogP contribution in [-0.2, 0) is 21.5 Å². The van der Waals surface area contributed by atoms with Crippen molar-refractivity contribution in [3.63, 3.8) is 0 Å². The van der Waals surface area contributed by atoms with Crippen LogP contribution in [0.25, 0.3) is 0 Å². The summed E-state index contributed by atoms with van der Waals surface area (Å²) in [7, 11) is -2.96. The van der Waals surface area contributed by atoms with Crippen molar-refractivity contribution in [1.29, 1.82) is 0 Å². The van der Waals surface area contributed by atoms with Crippen molar-refractivity contribution in [2.45, 2.75) is 75.1 Å². The second-order valence-electron chi connectivity index (χ2n) is 13.1. The second kappa shape index (κ2) is 10.7. The van der Waals surface area contributed by atoms with Gasteiger partial charge in [-0.3, -0.25) is 9.52 Å². The second-order valence-corrected chi connectivity index (χ2v) is 16.2. The van der Waals surface area contributed by atoms with E-state index < -0.39 is 26.5 Å². The minimum absolute atomic E-state index is 0.178. The van der Waals surface area contributed by atoms with Crippen molar-refractivity contribution in [2.75, 3.05) is 24.6 Å². The third-order valence-electron chi connectivity index (χ3n) is 10.1. The van der Waals surface area contributed by atoms with Crippen LogP contribution in [-0.4, -0.2) is 51.6 Å². The number of rotatable bonds is 0. The van der Waals surface area contributed by atoms with Gasteiger partial charge in [0.2, 0.25) is 0 Å². The molecule has 2 aliphatic heterocycles. The molecule has 2 aromatic carbocycles. The third-order valence-corrected chi connectivity index (χ3v) is 12.8. The minimum atomic E-state index is -2.96. The summed E-state index contributed by atoms with van der Waals surface area (Å²) in [4.78, 5) is 15.9. The molecule has 0 aromatic heterocycles. The molecule has 1 unspecified atom stereocenters. The lowest BCUT2D eigenvalue weighted by Crippen LogP contribution is -2.49. The van der Waals surface area contributed by atoms with Crippen molar-refractivity contribution >= 4 is 38.8 Å². The highest BCUT2D eigenvalue weighted by Gasteiger charge is 2.44. The van der Waals surface area contributed by atoms with Crippen molar-refractivity contribution < 1.29 is 18.8 Å². The molecular formula is C33H41ClN2O4S. The van der Waals surface area contributed by atoms with Gasteiger partial charge in [0.1, 0.15) is 5.75 Å². The van der Waals surface area contributed by atoms with Crippen LogP contribution in [0.4, 0.5) is 5.69 Å². The van der Waals surface area contributed by atoms with E-state index in [-0.39, 0.29) is 11.3 Å². The molecule has 2 aromatic rings. The maximum Gasteiger partial charge on any atom is 0.262 e. The van der Waals surface area contributed by atoms with Gasteiger partial charge in [0, 0.05) is 29.1 Å². The first-order valence-electron chi connectivity index (χ1n) is 14.8. The Morgan fingerprint density at radius 1 is 1.17 bits per heavy atom. The number of aliphatic hydroxyl groups excluding tert-OH is 1. The fourth-order valence-electron chi connectivity index (χ4n) is 7.13. The lowest BCUT2D eigenvalue weighted by Gasteiger charge is -2.45. The monoisotopic (exact) mass is 596 g/mol. The predicted octanol–water partition coefficient (Wildman–Crippen LogP) is 5.69. The molecule has 0 saturated heterocycles. The summed E-state index contributed by atoms with van der Waals surface area (Å²) in [5.41, 5.74) is 3.66. The third kappa shape index (κ3) is 5.30. The van der Waals surface area contributed by atoms with Gasteiger partial charge in [0.25, 0.3) is 5.91 Å². The number of ether oxygens (including phenoxy) is 1. The molecule has 8 heteroatoms. The Morgan fingerprint density at radius 3 is 2.78 bits per heavy atom. The quantitative estimate of drug-likeness (QED) is 0.302. The molecule has 1 fully saturated rings. The number of nitrogens with zero attached hydrogens (tertiary/aromatic N) is 1. The topological polar surface area (TPSA) is 78.9 Å². The van der Waals surface area contributed by atoms with E-state index in [9.17, 15) is 14.1 Å². The number of hydrogen-bond donors (Lipinski definition) is 2. The lowest BCUT2D eigenvalue weighted by molar-refractivity contribution is 0.0456. The van der Waals surface area contributed by atoms with E-state index in [1.54, 1.807) is 6.07 Å². The molecule has 2 aliphatic carbocycles. The molecule has 220 valence electrons. The van der Waals surface area contributed by atoms with Crippen molar-refractivity contribution in [2.24, 2.45) is 11.8 Å². The minimum Gasteiger partial charge on any atom is -0.490 e. The summed E-state index contributed by atoms with van der Waals surface area (Å²) >= 11 is 6.40. The molecule has 6 rings (SSSR count). The van der Waals surface area contributed by atoms with Crippen LogP contribution < -0.4 is 14.4 Å². The number of allylic oxidation sites excluding steroid dienone is 1. The standard InChI is InChI=1S/C33H41ClN2O4S/c1-32(2)15-5-4-8-29(37)26-12-9-24(26)19-36-20-33(16-6-7-22-17-25(34)11-13-27(22)33)21-40-30-14-10-23(18-28(30)36)31(38)35-41(32,3)39/h4,8,10-11,13-14,17-18,24,26,29,37H,3,5-7,9,12,15-16,19-21H2,1-2H3,(H,35,38,39)/b8-4+/t24-,26+,29-,33-,41?/m0/s1. The van der Waals surface area contributed by atoms with Gasteiger partial charge in [-0.2, -0.15) is 0 Å². The summed E-state index contributed by atoms with van der Waals surface area (Å²) in [5, 5.41) is 11.9. The molecule has 1 spiro atoms. The number of benzene rings is 2. The van der Waals surface area contributed by atoms with Gasteiger partial charge in [0.15, 0.2) is 0 Å². The predicted molar refractivity (Wildman–Crippen MR) is 168 cm³/mol. The number of fused-ring (bicyclic) bond motifs is 4. The summed E-state index contributed by atoms with van der Waals surface area (Å²) in [6.07, 6.45) is 9.69. The molecule has 0 radical (unpaired) electrons. The maximum absolute atomic E-state index is 13.7. The number of halogens is 1. The van der Waals surface area contributed by atoms with Crippen LogP contribution in [0.2, 0.25) is 5.02 Å². The van der Waals surface area contributed by atoms with Crippen LogP contribution in [0, 0.1) is 11.8 Å². The van der Waals surface area contributed by atoms with E-state index in [1.165, 1.54) is 11.1 Å². The largest absolute Gasteiger partial charge is 0.490 e. The first-order valence-corrected chi connectivity index (χ1v) is 16.9. The SMILES string of the molecule is C=S1(=O)NC(=O)c2ccc3c(c2)N(C[C@@H]2CC[C@H]2[C@@H](O)/C=C/CCC1(C)C)C[C@@]1(CCCc2cc(Cl)ccc21)CO3. The summed E-state index contributed by atoms with van der Waals surface area (Å²) in [5.74, 6) is 4.81. The number of amides is 1. The zero-order valence-electron chi connectivity index (χ0n) is 24.0. The van der Waals surface area contributed by atoms with Gasteiger partial charge in [-0.05, 0) is 118 Å². The van der Waals surface area contributed by atoms with Gasteiger partial charge in [-0.15, -0.1) is 0 Å². The average Bonchev–Trinajstić information content (AvgIpc) is 3.05. The van der Waals surface area contributed by atoms with Crippen LogP contribution in [0.3, 0.4) is 0 Å². The Labute approximate surface area is 249 Å². The number of nitrogens with one attached hydrogen (secondary N) is 1. The normalized spacial score (nSPS) is 33.8. The highest BCUT2D eigenvalue weighted by molar-refractivity contribution is 8.00. The summed E-state index contributed by atoms with van der Waals surface area (Å²) in [6, 6.07) is 11.7. The highest BCUT2D eigenvalue weighted by atomic mass is 35.5. The molecule has 2 bridgehead atoms. The lowest BCUT2D eigenvalue weighted by atomic mass is 9.68. The van der Waals surface area contributed by atoms with Crippen molar-refractivity contribution in [3.8, 4) is 5.75 Å². The van der Waals surface area contributed by atoms with Crippen molar-refractivity contribution in [1.82, 2.24) is 4.72 Å². The maximum atomic E-state index is 13.7. The van der Waals surface area contributed by atoms with Crippen LogP contribution in [0.15, 0.2) is 48.6 Å².